The Bertz CT molecular complexity index is 1010. The summed E-state index contributed by atoms with van der Waals surface area (Å²) in [6, 6.07) is 10.4. The number of carbonyl (C=O) groups is 2. The van der Waals surface area contributed by atoms with Crippen molar-refractivity contribution >= 4 is 21.7 Å². The van der Waals surface area contributed by atoms with E-state index < -0.39 is 27.2 Å². The molecule has 2 aromatic rings. The summed E-state index contributed by atoms with van der Waals surface area (Å²) in [7, 11) is -1.70. The van der Waals surface area contributed by atoms with Crippen LogP contribution in [0.15, 0.2) is 47.4 Å². The third-order valence-electron chi connectivity index (χ3n) is 3.99. The molecule has 0 aliphatic carbocycles. The number of aromatic nitrogens is 1. The Balaban J connectivity index is 2.27. The van der Waals surface area contributed by atoms with E-state index in [0.717, 1.165) is 11.8 Å². The van der Waals surface area contributed by atoms with Gasteiger partial charge in [-0.25, -0.2) is 8.42 Å². The second kappa shape index (κ2) is 9.32. The van der Waals surface area contributed by atoms with Crippen LogP contribution >= 0.6 is 0 Å². The van der Waals surface area contributed by atoms with Gasteiger partial charge in [0.25, 0.3) is 17.4 Å². The maximum Gasteiger partial charge on any atom is 0.263 e. The van der Waals surface area contributed by atoms with E-state index in [0.29, 0.717) is 0 Å². The molecular weight excluding hydrogens is 382 g/mol. The number of pyridine rings is 1. The molecule has 1 aromatic heterocycles. The lowest BCUT2D eigenvalue weighted by Crippen LogP contribution is -2.34. The molecule has 0 saturated carbocycles. The van der Waals surface area contributed by atoms with E-state index in [1.165, 1.54) is 23.9 Å². The van der Waals surface area contributed by atoms with Gasteiger partial charge < -0.3 is 15.2 Å². The predicted octanol–water partition coefficient (Wildman–Crippen LogP) is 0.421. The smallest absolute Gasteiger partial charge is 0.263 e. The fourth-order valence-electron chi connectivity index (χ4n) is 2.59. The third-order valence-corrected chi connectivity index (χ3v) is 5.02. The van der Waals surface area contributed by atoms with Crippen LogP contribution in [0.4, 0.5) is 0 Å². The van der Waals surface area contributed by atoms with Gasteiger partial charge in [0.05, 0.1) is 17.9 Å². The Labute approximate surface area is 163 Å². The van der Waals surface area contributed by atoms with Crippen molar-refractivity contribution in [3.63, 3.8) is 0 Å². The highest BCUT2D eigenvalue weighted by molar-refractivity contribution is 7.90. The summed E-state index contributed by atoms with van der Waals surface area (Å²) in [6.45, 7) is 0.373. The number of amides is 2. The van der Waals surface area contributed by atoms with Crippen molar-refractivity contribution < 1.29 is 18.0 Å². The fourth-order valence-corrected chi connectivity index (χ4v) is 3.26. The van der Waals surface area contributed by atoms with Crippen LogP contribution in [0.25, 0.3) is 0 Å². The van der Waals surface area contributed by atoms with Crippen LogP contribution in [-0.4, -0.2) is 50.4 Å². The summed E-state index contributed by atoms with van der Waals surface area (Å²) in [5.41, 5.74) is 0.353. The van der Waals surface area contributed by atoms with Crippen molar-refractivity contribution in [1.82, 2.24) is 15.2 Å². The van der Waals surface area contributed by atoms with Crippen LogP contribution in [-0.2, 0) is 16.4 Å². The van der Waals surface area contributed by atoms with E-state index in [1.54, 1.807) is 0 Å². The van der Waals surface area contributed by atoms with Crippen LogP contribution in [0.2, 0.25) is 0 Å². The van der Waals surface area contributed by atoms with Crippen molar-refractivity contribution in [2.75, 3.05) is 25.6 Å². The Kier molecular flexibility index (Phi) is 7.11. The van der Waals surface area contributed by atoms with Gasteiger partial charge in [-0.15, -0.1) is 0 Å². The first-order chi connectivity index (χ1) is 13.2. The topological polar surface area (TPSA) is 114 Å². The number of nitrogens with one attached hydrogen (secondary N) is 2. The molecule has 8 nitrogen and oxygen atoms in total. The second-order valence-corrected chi connectivity index (χ2v) is 8.64. The highest BCUT2D eigenvalue weighted by Gasteiger charge is 2.17. The largest absolute Gasteiger partial charge is 0.355 e. The number of benzene rings is 1. The summed E-state index contributed by atoms with van der Waals surface area (Å²) in [5.74, 6) is -1.11. The first-order valence-corrected chi connectivity index (χ1v) is 10.7. The van der Waals surface area contributed by atoms with Gasteiger partial charge >= 0.3 is 0 Å². The van der Waals surface area contributed by atoms with Crippen LogP contribution in [0.5, 0.6) is 0 Å². The normalized spacial score (nSPS) is 11.1. The number of sulfone groups is 1. The number of rotatable bonds is 8. The minimum absolute atomic E-state index is 0.0374. The molecule has 0 saturated heterocycles. The van der Waals surface area contributed by atoms with Crippen LogP contribution in [0, 0.1) is 0 Å². The molecule has 0 spiro atoms. The summed E-state index contributed by atoms with van der Waals surface area (Å²) in [5, 5.41) is 5.01. The van der Waals surface area contributed by atoms with Crippen LogP contribution < -0.4 is 16.2 Å². The molecule has 0 fully saturated rings. The van der Waals surface area contributed by atoms with Gasteiger partial charge in [-0.1, -0.05) is 30.3 Å². The van der Waals surface area contributed by atoms with Gasteiger partial charge in [-0.05, 0) is 18.1 Å². The van der Waals surface area contributed by atoms with Gasteiger partial charge in [0.1, 0.15) is 15.4 Å². The van der Waals surface area contributed by atoms with E-state index in [2.05, 4.69) is 10.6 Å². The lowest BCUT2D eigenvalue weighted by atomic mass is 10.1. The fraction of sp³-hybridized carbons (Fsp3) is 0.316. The van der Waals surface area contributed by atoms with Crippen molar-refractivity contribution in [3.8, 4) is 0 Å². The number of carbonyl (C=O) groups excluding carboxylic acids is 2. The van der Waals surface area contributed by atoms with Crippen LogP contribution in [0.1, 0.15) is 32.7 Å². The zero-order valence-corrected chi connectivity index (χ0v) is 16.6. The van der Waals surface area contributed by atoms with Gasteiger partial charge in [-0.3, -0.25) is 14.4 Å². The van der Waals surface area contributed by atoms with Crippen molar-refractivity contribution in [2.45, 2.75) is 13.0 Å². The molecule has 0 atom stereocenters. The minimum Gasteiger partial charge on any atom is -0.355 e. The lowest BCUT2D eigenvalue weighted by Gasteiger charge is -2.12. The number of nitrogens with zero attached hydrogens (tertiary/aromatic N) is 1. The Morgan fingerprint density at radius 3 is 2.39 bits per heavy atom. The molecule has 0 radical (unpaired) electrons. The minimum atomic E-state index is -3.10. The molecule has 1 aromatic carbocycles. The Morgan fingerprint density at radius 2 is 1.79 bits per heavy atom. The third kappa shape index (κ3) is 6.05. The summed E-state index contributed by atoms with van der Waals surface area (Å²) >= 11 is 0. The zero-order chi connectivity index (χ0) is 20.7. The average Bonchev–Trinajstić information content (AvgIpc) is 2.66. The maximum atomic E-state index is 12.6. The monoisotopic (exact) mass is 405 g/mol. The Hall–Kier alpha value is -2.94. The highest BCUT2D eigenvalue weighted by Crippen LogP contribution is 2.06. The van der Waals surface area contributed by atoms with Crippen molar-refractivity contribution in [1.29, 1.82) is 0 Å². The summed E-state index contributed by atoms with van der Waals surface area (Å²) < 4.78 is 23.6. The first-order valence-electron chi connectivity index (χ1n) is 8.67. The van der Waals surface area contributed by atoms with Crippen molar-refractivity contribution in [3.05, 3.63) is 69.6 Å². The zero-order valence-electron chi connectivity index (χ0n) is 15.8. The van der Waals surface area contributed by atoms with Gasteiger partial charge in [0.2, 0.25) is 0 Å². The highest BCUT2D eigenvalue weighted by atomic mass is 32.2. The van der Waals surface area contributed by atoms with Crippen molar-refractivity contribution in [2.24, 2.45) is 0 Å². The molecular formula is C19H23N3O5S. The molecule has 2 rings (SSSR count). The van der Waals surface area contributed by atoms with E-state index in [9.17, 15) is 22.8 Å². The predicted molar refractivity (Wildman–Crippen MR) is 106 cm³/mol. The van der Waals surface area contributed by atoms with E-state index in [1.807, 2.05) is 30.3 Å². The van der Waals surface area contributed by atoms with E-state index in [4.69, 9.17) is 0 Å². The molecule has 9 heteroatoms. The molecule has 0 aliphatic rings. The first kappa shape index (κ1) is 21.4. The van der Waals surface area contributed by atoms with Gasteiger partial charge in [0.15, 0.2) is 0 Å². The molecule has 0 aliphatic heterocycles. The SMILES string of the molecule is CNC(=O)c1cc(C(=O)NCCCS(C)(=O)=O)cn(Cc2ccccc2)c1=O. The summed E-state index contributed by atoms with van der Waals surface area (Å²) in [6.07, 6.45) is 2.80. The van der Waals surface area contributed by atoms with Gasteiger partial charge in [0, 0.05) is 26.0 Å². The maximum absolute atomic E-state index is 12.6. The lowest BCUT2D eigenvalue weighted by molar-refractivity contribution is 0.0952. The second-order valence-electron chi connectivity index (χ2n) is 6.38. The number of hydrogen-bond acceptors (Lipinski definition) is 5. The molecule has 1 heterocycles. The average molecular weight is 405 g/mol. The quantitative estimate of drug-likeness (QED) is 0.618. The summed E-state index contributed by atoms with van der Waals surface area (Å²) in [4.78, 5) is 37.1. The van der Waals surface area contributed by atoms with Gasteiger partial charge in [-0.2, -0.15) is 0 Å². The molecule has 150 valence electrons. The number of hydrogen-bond donors (Lipinski definition) is 2. The molecule has 2 amide bonds. The van der Waals surface area contributed by atoms with E-state index in [-0.39, 0.29) is 36.4 Å². The standard InChI is InChI=1S/C19H23N3O5S/c1-20-18(24)16-11-15(17(23)21-9-6-10-28(2,26)27)13-22(19(16)25)12-14-7-4-3-5-8-14/h3-5,7-8,11,13H,6,9-10,12H2,1-2H3,(H,20,24)(H,21,23). The van der Waals surface area contributed by atoms with Crippen LogP contribution in [0.3, 0.4) is 0 Å². The molecule has 0 unspecified atom stereocenters. The molecule has 2 N–H and O–H groups in total. The van der Waals surface area contributed by atoms with E-state index >= 15 is 0 Å². The Morgan fingerprint density at radius 1 is 1.11 bits per heavy atom. The molecule has 0 bridgehead atoms. The molecule has 28 heavy (non-hydrogen) atoms.